The van der Waals surface area contributed by atoms with E-state index in [-0.39, 0.29) is 5.56 Å². The Kier molecular flexibility index (Phi) is 2.78. The van der Waals surface area contributed by atoms with Crippen LogP contribution in [0.2, 0.25) is 0 Å². The van der Waals surface area contributed by atoms with Crippen LogP contribution in [0.3, 0.4) is 0 Å². The van der Waals surface area contributed by atoms with Crippen molar-refractivity contribution < 1.29 is 0 Å². The van der Waals surface area contributed by atoms with Crippen molar-refractivity contribution >= 4 is 0 Å². The van der Waals surface area contributed by atoms with Crippen molar-refractivity contribution in [3.8, 4) is 0 Å². The fraction of sp³-hybridized carbons (Fsp3) is 0.750. The van der Waals surface area contributed by atoms with Gasteiger partial charge in [-0.3, -0.25) is 4.79 Å². The standard InChI is InChI=1S/C16H23N3O/c1-8-18-15(13(7-17)16(20)19-8)14-11-3-9-2-10(5-11)6-12(14)4-9/h9-12,14H,2-7,17H2,1H3,(H,18,19,20). The second-order valence-corrected chi connectivity index (χ2v) is 7.18. The number of nitrogens with two attached hydrogens (primary N) is 1. The van der Waals surface area contributed by atoms with Crippen LogP contribution < -0.4 is 11.3 Å². The molecule has 0 spiro atoms. The first-order valence-corrected chi connectivity index (χ1v) is 7.95. The highest BCUT2D eigenvalue weighted by Gasteiger charge is 2.49. The maximum absolute atomic E-state index is 12.2. The summed E-state index contributed by atoms with van der Waals surface area (Å²) in [5, 5.41) is 0. The number of aromatic amines is 1. The lowest BCUT2D eigenvalue weighted by molar-refractivity contribution is -0.00458. The van der Waals surface area contributed by atoms with Gasteiger partial charge in [-0.1, -0.05) is 0 Å². The third-order valence-corrected chi connectivity index (χ3v) is 5.91. The maximum Gasteiger partial charge on any atom is 0.255 e. The normalized spacial score (nSPS) is 38.4. The van der Waals surface area contributed by atoms with Crippen molar-refractivity contribution in [2.24, 2.45) is 29.4 Å². The summed E-state index contributed by atoms with van der Waals surface area (Å²) in [6.45, 7) is 2.18. The van der Waals surface area contributed by atoms with Crippen LogP contribution in [0.15, 0.2) is 4.79 Å². The molecule has 1 heterocycles. The number of rotatable bonds is 2. The van der Waals surface area contributed by atoms with Gasteiger partial charge in [0.15, 0.2) is 0 Å². The molecular weight excluding hydrogens is 250 g/mol. The molecule has 4 heteroatoms. The van der Waals surface area contributed by atoms with E-state index in [4.69, 9.17) is 10.7 Å². The van der Waals surface area contributed by atoms with E-state index in [1.807, 2.05) is 6.92 Å². The third-order valence-electron chi connectivity index (χ3n) is 5.91. The summed E-state index contributed by atoms with van der Waals surface area (Å²) in [5.41, 5.74) is 7.57. The molecule has 0 aliphatic heterocycles. The highest BCUT2D eigenvalue weighted by atomic mass is 16.1. The lowest BCUT2D eigenvalue weighted by Crippen LogP contribution is -2.45. The van der Waals surface area contributed by atoms with E-state index in [1.54, 1.807) is 0 Å². The molecule has 0 radical (unpaired) electrons. The van der Waals surface area contributed by atoms with Gasteiger partial charge in [0.05, 0.1) is 11.3 Å². The molecule has 0 saturated heterocycles. The van der Waals surface area contributed by atoms with E-state index < -0.39 is 0 Å². The van der Waals surface area contributed by atoms with Gasteiger partial charge >= 0.3 is 0 Å². The van der Waals surface area contributed by atoms with Gasteiger partial charge in [0, 0.05) is 12.5 Å². The maximum atomic E-state index is 12.2. The zero-order valence-electron chi connectivity index (χ0n) is 12.1. The van der Waals surface area contributed by atoms with Crippen molar-refractivity contribution in [2.75, 3.05) is 0 Å². The van der Waals surface area contributed by atoms with Crippen LogP contribution in [0.5, 0.6) is 0 Å². The molecule has 4 aliphatic carbocycles. The smallest absolute Gasteiger partial charge is 0.255 e. The molecule has 0 amide bonds. The molecule has 4 fully saturated rings. The molecule has 4 aliphatic rings. The topological polar surface area (TPSA) is 71.8 Å². The molecular formula is C16H23N3O. The Morgan fingerprint density at radius 1 is 1.15 bits per heavy atom. The first-order chi connectivity index (χ1) is 9.65. The van der Waals surface area contributed by atoms with Crippen molar-refractivity contribution in [2.45, 2.75) is 51.5 Å². The Morgan fingerprint density at radius 3 is 2.30 bits per heavy atom. The van der Waals surface area contributed by atoms with Crippen LogP contribution in [-0.2, 0) is 6.54 Å². The van der Waals surface area contributed by atoms with E-state index in [2.05, 4.69) is 4.98 Å². The minimum Gasteiger partial charge on any atom is -0.326 e. The quantitative estimate of drug-likeness (QED) is 0.866. The average Bonchev–Trinajstić information content (AvgIpc) is 2.36. The fourth-order valence-corrected chi connectivity index (χ4v) is 5.48. The van der Waals surface area contributed by atoms with E-state index in [0.29, 0.717) is 12.5 Å². The average molecular weight is 273 g/mol. The second-order valence-electron chi connectivity index (χ2n) is 7.18. The van der Waals surface area contributed by atoms with Crippen molar-refractivity contribution in [3.63, 3.8) is 0 Å². The number of hydrogen-bond acceptors (Lipinski definition) is 3. The van der Waals surface area contributed by atoms with Gasteiger partial charge in [-0.25, -0.2) is 4.98 Å². The molecule has 0 atom stereocenters. The number of nitrogens with one attached hydrogen (secondary N) is 1. The monoisotopic (exact) mass is 273 g/mol. The van der Waals surface area contributed by atoms with E-state index in [9.17, 15) is 4.79 Å². The summed E-state index contributed by atoms with van der Waals surface area (Å²) in [4.78, 5) is 19.7. The van der Waals surface area contributed by atoms with Gasteiger partial charge in [-0.05, 0) is 62.7 Å². The van der Waals surface area contributed by atoms with E-state index in [1.165, 1.54) is 32.1 Å². The predicted octanol–water partition coefficient (Wildman–Crippen LogP) is 2.08. The lowest BCUT2D eigenvalue weighted by atomic mass is 9.51. The Balaban J connectivity index is 1.80. The van der Waals surface area contributed by atoms with Crippen molar-refractivity contribution in [1.82, 2.24) is 9.97 Å². The zero-order chi connectivity index (χ0) is 13.9. The van der Waals surface area contributed by atoms with Gasteiger partial charge in [0.1, 0.15) is 5.82 Å². The first-order valence-electron chi connectivity index (χ1n) is 7.95. The number of hydrogen-bond donors (Lipinski definition) is 2. The molecule has 4 bridgehead atoms. The van der Waals surface area contributed by atoms with Gasteiger partial charge < -0.3 is 10.7 Å². The summed E-state index contributed by atoms with van der Waals surface area (Å²) in [5.74, 6) is 4.59. The number of aryl methyl sites for hydroxylation is 1. The molecule has 4 saturated carbocycles. The van der Waals surface area contributed by atoms with Crippen molar-refractivity contribution in [3.05, 3.63) is 27.4 Å². The van der Waals surface area contributed by atoms with Crippen LogP contribution >= 0.6 is 0 Å². The van der Waals surface area contributed by atoms with E-state index >= 15 is 0 Å². The van der Waals surface area contributed by atoms with Crippen molar-refractivity contribution in [1.29, 1.82) is 0 Å². The SMILES string of the molecule is Cc1nc(C2C3CC4CC(C3)CC2C4)c(CN)c(=O)[nH]1. The lowest BCUT2D eigenvalue weighted by Gasteiger charge is -2.54. The molecule has 0 unspecified atom stereocenters. The van der Waals surface area contributed by atoms with Crippen LogP contribution in [0.1, 0.15) is 55.1 Å². The second kappa shape index (κ2) is 4.42. The summed E-state index contributed by atoms with van der Waals surface area (Å²) in [6, 6.07) is 0. The minimum atomic E-state index is -0.0243. The molecule has 5 rings (SSSR count). The van der Waals surface area contributed by atoms with Crippen LogP contribution in [0, 0.1) is 30.6 Å². The molecule has 0 aromatic carbocycles. The largest absolute Gasteiger partial charge is 0.326 e. The molecule has 4 nitrogen and oxygen atoms in total. The Hall–Kier alpha value is -1.16. The Morgan fingerprint density at radius 2 is 1.75 bits per heavy atom. The molecule has 3 N–H and O–H groups in total. The predicted molar refractivity (Wildman–Crippen MR) is 77.3 cm³/mol. The third kappa shape index (κ3) is 1.77. The van der Waals surface area contributed by atoms with Gasteiger partial charge in [0.25, 0.3) is 5.56 Å². The highest BCUT2D eigenvalue weighted by Crippen LogP contribution is 2.59. The molecule has 108 valence electrons. The molecule has 1 aromatic heterocycles. The highest BCUT2D eigenvalue weighted by molar-refractivity contribution is 5.25. The van der Waals surface area contributed by atoms with Crippen LogP contribution in [0.4, 0.5) is 0 Å². The number of aromatic nitrogens is 2. The minimum absolute atomic E-state index is 0.0243. The zero-order valence-corrected chi connectivity index (χ0v) is 12.1. The summed E-state index contributed by atoms with van der Waals surface area (Å²) in [7, 11) is 0. The van der Waals surface area contributed by atoms with Gasteiger partial charge in [-0.2, -0.15) is 0 Å². The Bertz CT molecular complexity index is 564. The number of H-pyrrole nitrogens is 1. The van der Waals surface area contributed by atoms with Gasteiger partial charge in [0.2, 0.25) is 0 Å². The number of nitrogens with zero attached hydrogens (tertiary/aromatic N) is 1. The molecule has 1 aromatic rings. The molecule has 20 heavy (non-hydrogen) atoms. The van der Waals surface area contributed by atoms with Gasteiger partial charge in [-0.15, -0.1) is 0 Å². The Labute approximate surface area is 119 Å². The van der Waals surface area contributed by atoms with Crippen LogP contribution in [-0.4, -0.2) is 9.97 Å². The fourth-order valence-electron chi connectivity index (χ4n) is 5.48. The van der Waals surface area contributed by atoms with Crippen LogP contribution in [0.25, 0.3) is 0 Å². The summed E-state index contributed by atoms with van der Waals surface area (Å²) in [6.07, 6.45) is 6.82. The first kappa shape index (κ1) is 12.6. The summed E-state index contributed by atoms with van der Waals surface area (Å²) < 4.78 is 0. The summed E-state index contributed by atoms with van der Waals surface area (Å²) >= 11 is 0. The van der Waals surface area contributed by atoms with E-state index in [0.717, 1.165) is 40.8 Å².